The Morgan fingerprint density at radius 2 is 2.12 bits per heavy atom. The lowest BCUT2D eigenvalue weighted by molar-refractivity contribution is 0.179. The van der Waals surface area contributed by atoms with Crippen LogP contribution in [-0.2, 0) is 6.42 Å². The van der Waals surface area contributed by atoms with Crippen LogP contribution in [0, 0.1) is 0 Å². The topological polar surface area (TPSA) is 54.5 Å². The van der Waals surface area contributed by atoms with Crippen LogP contribution in [0.2, 0.25) is 10.0 Å². The van der Waals surface area contributed by atoms with Crippen LogP contribution in [0.15, 0.2) is 30.5 Å². The molecule has 130 valence electrons. The summed E-state index contributed by atoms with van der Waals surface area (Å²) in [5.41, 5.74) is 2.97. The van der Waals surface area contributed by atoms with E-state index in [0.29, 0.717) is 21.6 Å². The molecule has 1 aromatic carbocycles. The number of anilines is 1. The van der Waals surface area contributed by atoms with Gasteiger partial charge in [-0.05, 0) is 48.6 Å². The van der Waals surface area contributed by atoms with Crippen molar-refractivity contribution in [2.24, 2.45) is 0 Å². The number of carbonyl (C=O) groups is 1. The van der Waals surface area contributed by atoms with Crippen LogP contribution in [-0.4, -0.2) is 29.1 Å². The Morgan fingerprint density at radius 1 is 1.28 bits per heavy atom. The monoisotopic (exact) mass is 377 g/mol. The number of pyridine rings is 1. The quantitative estimate of drug-likeness (QED) is 0.825. The summed E-state index contributed by atoms with van der Waals surface area (Å²) in [5, 5.41) is 3.82. The van der Waals surface area contributed by atoms with E-state index in [-0.39, 0.29) is 18.1 Å². The Bertz CT molecular complexity index is 843. The minimum atomic E-state index is -0.118. The molecule has 0 spiro atoms. The third-order valence-electron chi connectivity index (χ3n) is 4.93. The van der Waals surface area contributed by atoms with Gasteiger partial charge in [0.25, 0.3) is 0 Å². The number of urea groups is 1. The van der Waals surface area contributed by atoms with E-state index in [1.54, 1.807) is 25.3 Å². The van der Waals surface area contributed by atoms with Gasteiger partial charge in [0, 0.05) is 24.0 Å². The number of nitrogens with zero attached hydrogens (tertiary/aromatic N) is 2. The van der Waals surface area contributed by atoms with Gasteiger partial charge in [-0.3, -0.25) is 0 Å². The molecule has 2 aromatic rings. The molecule has 2 atom stereocenters. The zero-order chi connectivity index (χ0) is 17.6. The molecule has 1 saturated heterocycles. The van der Waals surface area contributed by atoms with Crippen molar-refractivity contribution in [3.8, 4) is 5.88 Å². The lowest BCUT2D eigenvalue weighted by Gasteiger charge is -2.36. The summed E-state index contributed by atoms with van der Waals surface area (Å²) in [6.07, 6.45) is 4.58. The summed E-state index contributed by atoms with van der Waals surface area (Å²) >= 11 is 12.0. The summed E-state index contributed by atoms with van der Waals surface area (Å²) in [6, 6.07) is 7.19. The molecule has 0 unspecified atom stereocenters. The summed E-state index contributed by atoms with van der Waals surface area (Å²) in [6.45, 7) is 0. The number of halogens is 2. The van der Waals surface area contributed by atoms with Crippen LogP contribution in [0.25, 0.3) is 0 Å². The van der Waals surface area contributed by atoms with E-state index in [1.807, 2.05) is 17.2 Å². The summed E-state index contributed by atoms with van der Waals surface area (Å²) < 4.78 is 5.22. The molecular weight excluding hydrogens is 361 g/mol. The summed E-state index contributed by atoms with van der Waals surface area (Å²) in [7, 11) is 1.61. The van der Waals surface area contributed by atoms with Gasteiger partial charge in [0.1, 0.15) is 0 Å². The van der Waals surface area contributed by atoms with Crippen molar-refractivity contribution < 1.29 is 9.53 Å². The maximum atomic E-state index is 12.9. The number of nitrogens with one attached hydrogen (secondary N) is 1. The van der Waals surface area contributed by atoms with E-state index >= 15 is 0 Å². The summed E-state index contributed by atoms with van der Waals surface area (Å²) in [5.74, 6) is 0.617. The molecule has 1 fully saturated rings. The predicted octanol–water partition coefficient (Wildman–Crippen LogP) is 4.69. The first-order chi connectivity index (χ1) is 12.1. The molecule has 0 aliphatic carbocycles. The van der Waals surface area contributed by atoms with Crippen molar-refractivity contribution in [3.05, 3.63) is 51.6 Å². The molecule has 0 radical (unpaired) electrons. The Labute approximate surface area is 155 Å². The number of benzene rings is 1. The van der Waals surface area contributed by atoms with Gasteiger partial charge in [-0.25, -0.2) is 9.78 Å². The fourth-order valence-corrected chi connectivity index (χ4v) is 4.08. The van der Waals surface area contributed by atoms with Gasteiger partial charge in [0.05, 0.1) is 23.2 Å². The number of amides is 2. The molecule has 3 heterocycles. The number of hydrogen-bond donors (Lipinski definition) is 1. The molecule has 4 rings (SSSR count). The highest BCUT2D eigenvalue weighted by Gasteiger charge is 2.42. The second-order valence-corrected chi connectivity index (χ2v) is 7.16. The maximum Gasteiger partial charge on any atom is 0.322 e. The minimum absolute atomic E-state index is 0.0509. The van der Waals surface area contributed by atoms with Gasteiger partial charge >= 0.3 is 6.03 Å². The molecule has 1 N–H and O–H groups in total. The van der Waals surface area contributed by atoms with Gasteiger partial charge < -0.3 is 15.0 Å². The van der Waals surface area contributed by atoms with Gasteiger partial charge in [0.15, 0.2) is 0 Å². The van der Waals surface area contributed by atoms with Crippen molar-refractivity contribution in [1.82, 2.24) is 9.88 Å². The largest absolute Gasteiger partial charge is 0.481 e. The lowest BCUT2D eigenvalue weighted by Crippen LogP contribution is -2.44. The maximum absolute atomic E-state index is 12.9. The third kappa shape index (κ3) is 2.92. The molecule has 2 bridgehead atoms. The first-order valence-corrected chi connectivity index (χ1v) is 8.89. The Hall–Kier alpha value is -1.98. The Morgan fingerprint density at radius 3 is 2.88 bits per heavy atom. The van der Waals surface area contributed by atoms with Crippen molar-refractivity contribution in [2.75, 3.05) is 12.4 Å². The number of aromatic nitrogens is 1. The van der Waals surface area contributed by atoms with E-state index in [0.717, 1.165) is 24.8 Å². The number of fused-ring (bicyclic) bond motifs is 4. The Balaban J connectivity index is 1.58. The highest BCUT2D eigenvalue weighted by Crippen LogP contribution is 2.44. The van der Waals surface area contributed by atoms with E-state index in [2.05, 4.69) is 10.3 Å². The van der Waals surface area contributed by atoms with Crippen molar-refractivity contribution in [2.45, 2.75) is 31.3 Å². The zero-order valence-corrected chi connectivity index (χ0v) is 15.1. The zero-order valence-electron chi connectivity index (χ0n) is 13.6. The normalized spacial score (nSPS) is 21.0. The van der Waals surface area contributed by atoms with E-state index in [4.69, 9.17) is 27.9 Å². The fourth-order valence-electron chi connectivity index (χ4n) is 3.79. The number of carbonyl (C=O) groups excluding carboxylic acids is 1. The Kier molecular flexibility index (Phi) is 4.21. The van der Waals surface area contributed by atoms with E-state index in [9.17, 15) is 4.79 Å². The predicted molar refractivity (Wildman–Crippen MR) is 97.6 cm³/mol. The SMILES string of the molecule is COc1cc2c(cn1)[C@@H]1CC[C@H](C2)N1C(=O)Nc1ccc(Cl)c(Cl)c1. The molecule has 2 aliphatic rings. The van der Waals surface area contributed by atoms with Crippen LogP contribution in [0.3, 0.4) is 0 Å². The average molecular weight is 378 g/mol. The highest BCUT2D eigenvalue weighted by molar-refractivity contribution is 6.42. The number of methoxy groups -OCH3 is 1. The summed E-state index contributed by atoms with van der Waals surface area (Å²) in [4.78, 5) is 19.1. The smallest absolute Gasteiger partial charge is 0.322 e. The standard InChI is InChI=1S/C18H17Cl2N3O2/c1-25-17-7-10-6-12-3-5-16(13(10)9-21-17)23(12)18(24)22-11-2-4-14(19)15(20)8-11/h2,4,7-9,12,16H,3,5-6H2,1H3,(H,22,24)/t12-,16+/m1/s1. The molecular formula is C18H17Cl2N3O2. The molecule has 2 aliphatic heterocycles. The molecule has 0 saturated carbocycles. The highest BCUT2D eigenvalue weighted by atomic mass is 35.5. The number of ether oxygens (including phenoxy) is 1. The lowest BCUT2D eigenvalue weighted by atomic mass is 9.95. The third-order valence-corrected chi connectivity index (χ3v) is 5.67. The van der Waals surface area contributed by atoms with E-state index < -0.39 is 0 Å². The molecule has 25 heavy (non-hydrogen) atoms. The van der Waals surface area contributed by atoms with Crippen molar-refractivity contribution in [3.63, 3.8) is 0 Å². The molecule has 2 amide bonds. The van der Waals surface area contributed by atoms with Crippen LogP contribution in [0.5, 0.6) is 5.88 Å². The van der Waals surface area contributed by atoms with Crippen LogP contribution < -0.4 is 10.1 Å². The van der Waals surface area contributed by atoms with E-state index in [1.165, 1.54) is 5.56 Å². The van der Waals surface area contributed by atoms with Gasteiger partial charge in [-0.1, -0.05) is 23.2 Å². The van der Waals surface area contributed by atoms with Crippen LogP contribution >= 0.6 is 23.2 Å². The second-order valence-electron chi connectivity index (χ2n) is 6.34. The minimum Gasteiger partial charge on any atom is -0.481 e. The fraction of sp³-hybridized carbons (Fsp3) is 0.333. The molecule has 1 aromatic heterocycles. The van der Waals surface area contributed by atoms with Crippen molar-refractivity contribution in [1.29, 1.82) is 0 Å². The molecule has 5 nitrogen and oxygen atoms in total. The van der Waals surface area contributed by atoms with Gasteiger partial charge in [-0.15, -0.1) is 0 Å². The average Bonchev–Trinajstić information content (AvgIpc) is 2.93. The van der Waals surface area contributed by atoms with Crippen molar-refractivity contribution >= 4 is 34.9 Å². The van der Waals surface area contributed by atoms with Gasteiger partial charge in [-0.2, -0.15) is 0 Å². The molecule has 7 heteroatoms. The number of hydrogen-bond acceptors (Lipinski definition) is 3. The van der Waals surface area contributed by atoms with Crippen LogP contribution in [0.1, 0.15) is 30.0 Å². The van der Waals surface area contributed by atoms with Crippen LogP contribution in [0.4, 0.5) is 10.5 Å². The number of rotatable bonds is 2. The van der Waals surface area contributed by atoms with Gasteiger partial charge in [0.2, 0.25) is 5.88 Å². The first kappa shape index (κ1) is 16.5. The first-order valence-electron chi connectivity index (χ1n) is 8.14. The second kappa shape index (κ2) is 6.39.